The van der Waals surface area contributed by atoms with E-state index >= 15 is 0 Å². The van der Waals surface area contributed by atoms with E-state index in [1.165, 1.54) is 14.0 Å². The lowest BCUT2D eigenvalue weighted by atomic mass is 9.82. The fourth-order valence-electron chi connectivity index (χ4n) is 8.05. The Bertz CT molecular complexity index is 1620. The van der Waals surface area contributed by atoms with Crippen LogP contribution in [0, 0.1) is 11.8 Å². The molecule has 2 fully saturated rings. The molecule has 2 saturated heterocycles. The van der Waals surface area contributed by atoms with E-state index in [0.29, 0.717) is 12.7 Å². The summed E-state index contributed by atoms with van der Waals surface area (Å²) in [7, 11) is 4.85. The molecule has 3 aliphatic heterocycles. The maximum absolute atomic E-state index is 13.2. The maximum atomic E-state index is 13.2. The average Bonchev–Trinajstić information content (AvgIpc) is 3.21. The van der Waals surface area contributed by atoms with Gasteiger partial charge in [0.15, 0.2) is 30.9 Å². The molecule has 7 N–H and O–H groups in total. The number of ether oxygens (including phenoxy) is 8. The first-order valence-electron chi connectivity index (χ1n) is 21.8. The van der Waals surface area contributed by atoms with E-state index in [2.05, 4.69) is 0 Å². The Morgan fingerprint density at radius 2 is 1.56 bits per heavy atom. The number of rotatable bonds is 14. The molecule has 3 heterocycles. The number of allylic oxidation sites excluding steroid dienone is 2. The number of carboxylic acid groups (broad SMARTS) is 2. The summed E-state index contributed by atoms with van der Waals surface area (Å²) in [4.78, 5) is 71.3. The summed E-state index contributed by atoms with van der Waals surface area (Å²) in [6.07, 6.45) is -8.65. The van der Waals surface area contributed by atoms with Crippen LogP contribution in [-0.4, -0.2) is 195 Å². The van der Waals surface area contributed by atoms with Gasteiger partial charge in [-0.05, 0) is 60.0 Å². The molecule has 0 bridgehead atoms. The van der Waals surface area contributed by atoms with Gasteiger partial charge in [0.05, 0.1) is 36.9 Å². The van der Waals surface area contributed by atoms with Gasteiger partial charge in [-0.15, -0.1) is 0 Å². The molecule has 22 nitrogen and oxygen atoms in total. The Balaban J connectivity index is 0.00000133. The molecule has 18 atom stereocenters. The summed E-state index contributed by atoms with van der Waals surface area (Å²) in [5, 5.41) is 66.9. The van der Waals surface area contributed by atoms with Crippen molar-refractivity contribution in [3.63, 3.8) is 0 Å². The molecular weight excluding hydrogens is 878 g/mol. The van der Waals surface area contributed by atoms with Crippen LogP contribution >= 0.6 is 0 Å². The van der Waals surface area contributed by atoms with Crippen LogP contribution in [0.5, 0.6) is 0 Å². The van der Waals surface area contributed by atoms with Gasteiger partial charge in [-0.25, -0.2) is 9.59 Å². The van der Waals surface area contributed by atoms with Crippen LogP contribution in [0.25, 0.3) is 0 Å². The fraction of sp³-hybridized carbons (Fsp3) is 0.773. The van der Waals surface area contributed by atoms with Crippen molar-refractivity contribution in [1.29, 1.82) is 0 Å². The van der Waals surface area contributed by atoms with Crippen LogP contribution in [-0.2, 0) is 66.7 Å². The zero-order valence-corrected chi connectivity index (χ0v) is 39.2. The predicted octanol–water partition coefficient (Wildman–Crippen LogP) is 0.255. The molecule has 0 aromatic carbocycles. The topological polar surface area (TPSA) is 321 Å². The Hall–Kier alpha value is -3.94. The van der Waals surface area contributed by atoms with Gasteiger partial charge in [0.25, 0.3) is 0 Å². The number of carbonyl (C=O) groups excluding carboxylic acids is 4. The molecule has 66 heavy (non-hydrogen) atoms. The molecular formula is C44H71NO21. The van der Waals surface area contributed by atoms with Gasteiger partial charge >= 0.3 is 29.8 Å². The van der Waals surface area contributed by atoms with Gasteiger partial charge in [0.2, 0.25) is 0 Å². The number of aliphatic hydroxyl groups is 5. The number of hydrogen-bond acceptors (Lipinski definition) is 20. The van der Waals surface area contributed by atoms with E-state index < -0.39 is 146 Å². The highest BCUT2D eigenvalue weighted by Crippen LogP contribution is 2.37. The third-order valence-electron chi connectivity index (χ3n) is 11.4. The molecule has 3 rings (SSSR count). The third-order valence-corrected chi connectivity index (χ3v) is 11.4. The minimum Gasteiger partial charge on any atom is -0.479 e. The fourth-order valence-corrected chi connectivity index (χ4v) is 8.05. The first-order chi connectivity index (χ1) is 30.8. The minimum absolute atomic E-state index is 0.0440. The first-order valence-corrected chi connectivity index (χ1v) is 21.8. The first kappa shape index (κ1) is 58.2. The number of carbonyl (C=O) groups is 6. The van der Waals surface area contributed by atoms with Crippen molar-refractivity contribution in [1.82, 2.24) is 4.90 Å². The van der Waals surface area contributed by atoms with E-state index in [4.69, 9.17) is 58.3 Å². The number of carboxylic acids is 2. The van der Waals surface area contributed by atoms with E-state index in [-0.39, 0.29) is 25.7 Å². The van der Waals surface area contributed by atoms with Crippen molar-refractivity contribution in [2.75, 3.05) is 21.2 Å². The van der Waals surface area contributed by atoms with Gasteiger partial charge in [-0.2, -0.15) is 0 Å². The van der Waals surface area contributed by atoms with Crippen LogP contribution in [0.15, 0.2) is 24.3 Å². The number of esters is 3. The number of cyclic esters (lactones) is 1. The van der Waals surface area contributed by atoms with Crippen LogP contribution in [0.4, 0.5) is 0 Å². The highest BCUT2D eigenvalue weighted by Gasteiger charge is 2.53. The van der Waals surface area contributed by atoms with Crippen molar-refractivity contribution in [3.8, 4) is 0 Å². The Morgan fingerprint density at radius 1 is 0.939 bits per heavy atom. The molecule has 3 aliphatic rings. The van der Waals surface area contributed by atoms with Gasteiger partial charge in [0, 0.05) is 39.7 Å². The van der Waals surface area contributed by atoms with Gasteiger partial charge in [-0.3, -0.25) is 14.4 Å². The SMILES string of the molecule is CCC(=O)O[C@H]1[C@H](C)O[C@@H](O[C@H]2[C@H](N(C)C)[C@@H](O)[C@H](O[C@H]3[C@@H](CC=O)C[C@@H](C)[C@@H](O)/C=C/C=C/C[C@@H](C)OC(=O)C[C@@H](OC(C)=O)[C@@H]3OC)O[C@@H]2C)C[C@@]1(C)O.O=C(O)[C@H](O)[C@@H](O)C(=O)O. The summed E-state index contributed by atoms with van der Waals surface area (Å²) in [6, 6.07) is -0.778. The van der Waals surface area contributed by atoms with Crippen LogP contribution in [0.2, 0.25) is 0 Å². The lowest BCUT2D eigenvalue weighted by molar-refractivity contribution is -0.344. The predicted molar refractivity (Wildman–Crippen MR) is 228 cm³/mol. The quantitative estimate of drug-likeness (QED) is 0.0697. The largest absolute Gasteiger partial charge is 0.479 e. The number of aldehydes is 1. The molecule has 0 aliphatic carbocycles. The lowest BCUT2D eigenvalue weighted by Gasteiger charge is -2.50. The lowest BCUT2D eigenvalue weighted by Crippen LogP contribution is -2.66. The van der Waals surface area contributed by atoms with Crippen molar-refractivity contribution >= 4 is 36.1 Å². The molecule has 378 valence electrons. The van der Waals surface area contributed by atoms with Crippen molar-refractivity contribution in [2.24, 2.45) is 11.8 Å². The zero-order valence-electron chi connectivity index (χ0n) is 39.2. The average molecular weight is 950 g/mol. The Labute approximate surface area is 384 Å². The molecule has 22 heteroatoms. The van der Waals surface area contributed by atoms with Crippen molar-refractivity contribution in [3.05, 3.63) is 24.3 Å². The summed E-state index contributed by atoms with van der Waals surface area (Å²) < 4.78 is 48.2. The standard InChI is InChI=1S/C40H65NO15.C4H6O6/c1-11-30(45)54-38-25(5)51-32(21-40(38,7)48)55-35-24(4)52-39(34(47)33(35)41(8)9)56-36-27(17-18-42)19-22(2)28(44)16-14-12-13-15-23(3)50-31(46)20-29(37(36)49-10)53-26(6)43;5-1(3(7)8)2(6)4(9)10/h12-14,16,18,22-25,27-29,32-39,44,47-48H,11,15,17,19-21H2,1-10H3;1-2,5-6H,(H,7,8)(H,9,10)/b13-12+,16-14+;/t22-,23-,24-,25+,27+,28+,29-,32+,33-,34-,35-,36+,37+,38+,39+,40-;1-,2-/m11/s1. The second kappa shape index (κ2) is 27.2. The number of aliphatic carboxylic acids is 2. The van der Waals surface area contributed by atoms with Crippen LogP contribution in [0.3, 0.4) is 0 Å². The number of methoxy groups -OCH3 is 1. The Kier molecular flexibility index (Phi) is 23.9. The zero-order chi connectivity index (χ0) is 50.2. The molecule has 0 aromatic heterocycles. The molecule has 0 radical (unpaired) electrons. The normalized spacial score (nSPS) is 37.7. The van der Waals surface area contributed by atoms with E-state index in [1.54, 1.807) is 77.9 Å². The molecule has 0 amide bonds. The van der Waals surface area contributed by atoms with Gasteiger partial charge < -0.3 is 83.3 Å². The summed E-state index contributed by atoms with van der Waals surface area (Å²) >= 11 is 0. The monoisotopic (exact) mass is 949 g/mol. The van der Waals surface area contributed by atoms with E-state index in [1.807, 2.05) is 6.92 Å². The van der Waals surface area contributed by atoms with Crippen LogP contribution < -0.4 is 0 Å². The summed E-state index contributed by atoms with van der Waals surface area (Å²) in [5.74, 6) is -6.46. The minimum atomic E-state index is -2.27. The third kappa shape index (κ3) is 17.3. The maximum Gasteiger partial charge on any atom is 0.335 e. The Morgan fingerprint density at radius 3 is 2.08 bits per heavy atom. The number of likely N-dealkylation sites (N-methyl/N-ethyl adjacent to an activating group) is 1. The van der Waals surface area contributed by atoms with Gasteiger partial charge in [0.1, 0.15) is 42.4 Å². The second-order valence-electron chi connectivity index (χ2n) is 17.3. The molecule has 0 unspecified atom stereocenters. The molecule has 0 saturated carbocycles. The number of nitrogens with zero attached hydrogens (tertiary/aromatic N) is 1. The summed E-state index contributed by atoms with van der Waals surface area (Å²) in [6.45, 7) is 11.3. The summed E-state index contributed by atoms with van der Waals surface area (Å²) in [5.41, 5.74) is -1.49. The number of hydrogen-bond donors (Lipinski definition) is 7. The van der Waals surface area contributed by atoms with E-state index in [0.717, 1.165) is 0 Å². The van der Waals surface area contributed by atoms with Crippen LogP contribution in [0.1, 0.15) is 87.0 Å². The number of aliphatic hydroxyl groups excluding tert-OH is 4. The van der Waals surface area contributed by atoms with Crippen molar-refractivity contribution < 1.29 is 102 Å². The highest BCUT2D eigenvalue weighted by atomic mass is 16.7. The second-order valence-corrected chi connectivity index (χ2v) is 17.3. The molecule has 0 aromatic rings. The smallest absolute Gasteiger partial charge is 0.335 e. The highest BCUT2D eigenvalue weighted by molar-refractivity contribution is 5.83. The van der Waals surface area contributed by atoms with Gasteiger partial charge in [-0.1, -0.05) is 38.2 Å². The van der Waals surface area contributed by atoms with Crippen molar-refractivity contribution in [2.45, 2.75) is 184 Å². The van der Waals surface area contributed by atoms with E-state index in [9.17, 15) is 44.1 Å². The molecule has 0 spiro atoms.